The van der Waals surface area contributed by atoms with E-state index in [-0.39, 0.29) is 0 Å². The topological polar surface area (TPSA) is 37.0 Å². The average molecular weight is 239 g/mol. The van der Waals surface area contributed by atoms with Gasteiger partial charge in [-0.25, -0.2) is 0 Å². The van der Waals surface area contributed by atoms with Crippen LogP contribution in [0, 0.1) is 0 Å². The molecule has 0 aliphatic carbocycles. The van der Waals surface area contributed by atoms with Crippen molar-refractivity contribution in [2.45, 2.75) is 6.92 Å². The number of anilines is 1. The van der Waals surface area contributed by atoms with E-state index in [0.717, 1.165) is 28.8 Å². The minimum atomic E-state index is 0.744. The maximum absolute atomic E-state index is 4.30. The summed E-state index contributed by atoms with van der Waals surface area (Å²) in [7, 11) is 0. The Balaban J connectivity index is 2.10. The van der Waals surface area contributed by atoms with E-state index in [2.05, 4.69) is 34.3 Å². The highest BCUT2D eigenvalue weighted by molar-refractivity contribution is 5.82. The number of hydrogen-bond donors (Lipinski definition) is 2. The Morgan fingerprint density at radius 1 is 1.39 bits per heavy atom. The molecule has 3 heteroatoms. The van der Waals surface area contributed by atoms with Gasteiger partial charge in [0.05, 0.1) is 12.1 Å². The SMILES string of the molecule is C=CN/C(=C\C)CNc1ccc2ncccc2c1. The molecule has 1 aromatic heterocycles. The first-order valence-electron chi connectivity index (χ1n) is 5.95. The third-order valence-corrected chi connectivity index (χ3v) is 2.72. The van der Waals surface area contributed by atoms with Crippen molar-refractivity contribution in [2.24, 2.45) is 0 Å². The van der Waals surface area contributed by atoms with Crippen LogP contribution in [0.4, 0.5) is 5.69 Å². The van der Waals surface area contributed by atoms with Crippen molar-refractivity contribution in [3.8, 4) is 0 Å². The second kappa shape index (κ2) is 5.87. The largest absolute Gasteiger partial charge is 0.379 e. The third kappa shape index (κ3) is 2.88. The van der Waals surface area contributed by atoms with Crippen LogP contribution < -0.4 is 10.6 Å². The molecule has 18 heavy (non-hydrogen) atoms. The first kappa shape index (κ1) is 12.2. The van der Waals surface area contributed by atoms with Crippen molar-refractivity contribution in [3.05, 3.63) is 61.1 Å². The Bertz CT molecular complexity index is 573. The summed E-state index contributed by atoms with van der Waals surface area (Å²) in [6, 6.07) is 10.2. The van der Waals surface area contributed by atoms with Gasteiger partial charge in [0.1, 0.15) is 0 Å². The van der Waals surface area contributed by atoms with E-state index in [9.17, 15) is 0 Å². The average Bonchev–Trinajstić information content (AvgIpc) is 2.43. The molecular formula is C15H17N3. The Kier molecular flexibility index (Phi) is 3.97. The summed E-state index contributed by atoms with van der Waals surface area (Å²) in [4.78, 5) is 4.30. The molecule has 2 aromatic rings. The molecule has 92 valence electrons. The number of benzene rings is 1. The first-order chi connectivity index (χ1) is 8.83. The van der Waals surface area contributed by atoms with Crippen molar-refractivity contribution in [1.82, 2.24) is 10.3 Å². The number of hydrogen-bond acceptors (Lipinski definition) is 3. The predicted octanol–water partition coefficient (Wildman–Crippen LogP) is 3.28. The number of allylic oxidation sites excluding steroid dienone is 1. The molecule has 2 N–H and O–H groups in total. The fourth-order valence-corrected chi connectivity index (χ4v) is 1.75. The molecule has 0 aliphatic heterocycles. The fourth-order valence-electron chi connectivity index (χ4n) is 1.75. The lowest BCUT2D eigenvalue weighted by Gasteiger charge is -2.10. The molecule has 0 radical (unpaired) electrons. The Labute approximate surface area is 107 Å². The molecule has 1 aromatic carbocycles. The van der Waals surface area contributed by atoms with Gasteiger partial charge in [0, 0.05) is 23.0 Å². The van der Waals surface area contributed by atoms with Gasteiger partial charge in [-0.3, -0.25) is 4.98 Å². The quantitative estimate of drug-likeness (QED) is 0.840. The fraction of sp³-hybridized carbons (Fsp3) is 0.133. The molecule has 0 aliphatic rings. The lowest BCUT2D eigenvalue weighted by Crippen LogP contribution is -2.14. The zero-order chi connectivity index (χ0) is 12.8. The monoisotopic (exact) mass is 239 g/mol. The van der Waals surface area contributed by atoms with Crippen LogP contribution in [0.1, 0.15) is 6.92 Å². The normalized spacial score (nSPS) is 11.3. The number of pyridine rings is 1. The molecule has 1 heterocycles. The summed E-state index contributed by atoms with van der Waals surface area (Å²) in [5, 5.41) is 7.60. The number of nitrogens with zero attached hydrogens (tertiary/aromatic N) is 1. The molecule has 0 unspecified atom stereocenters. The van der Waals surface area contributed by atoms with Gasteiger partial charge in [-0.05, 0) is 37.4 Å². The molecule has 0 fully saturated rings. The minimum Gasteiger partial charge on any atom is -0.379 e. The van der Waals surface area contributed by atoms with E-state index in [4.69, 9.17) is 0 Å². The lowest BCUT2D eigenvalue weighted by atomic mass is 10.2. The van der Waals surface area contributed by atoms with Crippen molar-refractivity contribution >= 4 is 16.6 Å². The summed E-state index contributed by atoms with van der Waals surface area (Å²) >= 11 is 0. The van der Waals surface area contributed by atoms with E-state index < -0.39 is 0 Å². The van der Waals surface area contributed by atoms with Crippen LogP contribution in [-0.4, -0.2) is 11.5 Å². The Morgan fingerprint density at radius 3 is 3.06 bits per heavy atom. The van der Waals surface area contributed by atoms with E-state index in [1.165, 1.54) is 0 Å². The Hall–Kier alpha value is -2.29. The molecule has 3 nitrogen and oxygen atoms in total. The second-order valence-electron chi connectivity index (χ2n) is 3.93. The highest BCUT2D eigenvalue weighted by Crippen LogP contribution is 2.16. The molecule has 0 saturated carbocycles. The van der Waals surface area contributed by atoms with E-state index >= 15 is 0 Å². The number of rotatable bonds is 5. The summed E-state index contributed by atoms with van der Waals surface area (Å²) in [6.45, 7) is 6.40. The molecule has 0 spiro atoms. The van der Waals surface area contributed by atoms with Crippen LogP contribution in [0.5, 0.6) is 0 Å². The standard InChI is InChI=1S/C15H17N3/c1-3-13(16-4-2)11-18-14-7-8-15-12(10-14)6-5-9-17-15/h3-10,16,18H,2,11H2,1H3/b13-3-. The van der Waals surface area contributed by atoms with Gasteiger partial charge in [0.2, 0.25) is 0 Å². The first-order valence-corrected chi connectivity index (χ1v) is 5.95. The number of fused-ring (bicyclic) bond motifs is 1. The summed E-state index contributed by atoms with van der Waals surface area (Å²) < 4.78 is 0. The van der Waals surface area contributed by atoms with Crippen molar-refractivity contribution in [3.63, 3.8) is 0 Å². The molecule has 0 saturated heterocycles. The molecular weight excluding hydrogens is 222 g/mol. The van der Waals surface area contributed by atoms with Crippen LogP contribution in [0.25, 0.3) is 10.9 Å². The van der Waals surface area contributed by atoms with Crippen molar-refractivity contribution in [2.75, 3.05) is 11.9 Å². The number of aromatic nitrogens is 1. The van der Waals surface area contributed by atoms with Gasteiger partial charge >= 0.3 is 0 Å². The van der Waals surface area contributed by atoms with Gasteiger partial charge in [-0.15, -0.1) is 0 Å². The van der Waals surface area contributed by atoms with Crippen LogP contribution in [0.2, 0.25) is 0 Å². The van der Waals surface area contributed by atoms with Gasteiger partial charge in [0.15, 0.2) is 0 Å². The van der Waals surface area contributed by atoms with E-state index in [1.807, 2.05) is 31.2 Å². The minimum absolute atomic E-state index is 0.744. The van der Waals surface area contributed by atoms with Crippen LogP contribution >= 0.6 is 0 Å². The summed E-state index contributed by atoms with van der Waals surface area (Å²) in [6.07, 6.45) is 5.51. The molecule has 0 bridgehead atoms. The van der Waals surface area contributed by atoms with E-state index in [0.29, 0.717) is 0 Å². The molecule has 0 amide bonds. The maximum atomic E-state index is 4.30. The van der Waals surface area contributed by atoms with Crippen LogP contribution in [-0.2, 0) is 0 Å². The molecule has 2 rings (SSSR count). The van der Waals surface area contributed by atoms with Crippen molar-refractivity contribution in [1.29, 1.82) is 0 Å². The zero-order valence-electron chi connectivity index (χ0n) is 10.5. The highest BCUT2D eigenvalue weighted by Gasteiger charge is 1.97. The predicted molar refractivity (Wildman–Crippen MR) is 77.3 cm³/mol. The van der Waals surface area contributed by atoms with Gasteiger partial charge in [-0.1, -0.05) is 18.7 Å². The smallest absolute Gasteiger partial charge is 0.0703 e. The van der Waals surface area contributed by atoms with Crippen LogP contribution in [0.15, 0.2) is 61.1 Å². The van der Waals surface area contributed by atoms with Gasteiger partial charge in [-0.2, -0.15) is 0 Å². The zero-order valence-corrected chi connectivity index (χ0v) is 10.5. The summed E-state index contributed by atoms with van der Waals surface area (Å²) in [5.74, 6) is 0. The Morgan fingerprint density at radius 2 is 2.28 bits per heavy atom. The van der Waals surface area contributed by atoms with Crippen LogP contribution in [0.3, 0.4) is 0 Å². The highest BCUT2D eigenvalue weighted by atomic mass is 14.9. The van der Waals surface area contributed by atoms with Gasteiger partial charge < -0.3 is 10.6 Å². The summed E-state index contributed by atoms with van der Waals surface area (Å²) in [5.41, 5.74) is 3.19. The maximum Gasteiger partial charge on any atom is 0.0703 e. The lowest BCUT2D eigenvalue weighted by molar-refractivity contribution is 1.00. The van der Waals surface area contributed by atoms with Crippen molar-refractivity contribution < 1.29 is 0 Å². The van der Waals surface area contributed by atoms with E-state index in [1.54, 1.807) is 12.4 Å². The molecule has 0 atom stereocenters. The third-order valence-electron chi connectivity index (χ3n) is 2.72. The van der Waals surface area contributed by atoms with Gasteiger partial charge in [0.25, 0.3) is 0 Å². The number of nitrogens with one attached hydrogen (secondary N) is 2. The second-order valence-corrected chi connectivity index (χ2v) is 3.93.